The average molecular weight is 663 g/mol. The molecule has 0 saturated carbocycles. The first-order valence-corrected chi connectivity index (χ1v) is 11.9. The van der Waals surface area contributed by atoms with Gasteiger partial charge in [-0.3, -0.25) is 4.79 Å². The molecule has 30 heavy (non-hydrogen) atoms. The van der Waals surface area contributed by atoms with Crippen LogP contribution < -0.4 is 0 Å². The number of esters is 1. The van der Waals surface area contributed by atoms with Crippen molar-refractivity contribution in [3.63, 3.8) is 0 Å². The van der Waals surface area contributed by atoms with Gasteiger partial charge in [0.15, 0.2) is 0 Å². The van der Waals surface area contributed by atoms with Crippen molar-refractivity contribution >= 4 is 81.0 Å². The molecule has 2 N–H and O–H groups in total. The summed E-state index contributed by atoms with van der Waals surface area (Å²) >= 11 is 13.5. The fourth-order valence-electron chi connectivity index (χ4n) is 2.99. The molecule has 0 heterocycles. The summed E-state index contributed by atoms with van der Waals surface area (Å²) in [5.41, 5.74) is 3.28. The molecule has 0 unspecified atom stereocenters. The van der Waals surface area contributed by atoms with E-state index in [1.54, 1.807) is 43.3 Å². The van der Waals surface area contributed by atoms with E-state index in [0.717, 1.165) is 16.7 Å². The molecular formula is C22H15Br4O4+. The molecule has 0 atom stereocenters. The molecule has 2 aromatic rings. The predicted octanol–water partition coefficient (Wildman–Crippen LogP) is 7.01. The van der Waals surface area contributed by atoms with E-state index in [1.807, 2.05) is 12.1 Å². The van der Waals surface area contributed by atoms with E-state index in [1.165, 1.54) is 0 Å². The van der Waals surface area contributed by atoms with Gasteiger partial charge in [0.05, 0.1) is 21.1 Å². The highest BCUT2D eigenvalue weighted by atomic mass is 79.9. The van der Waals surface area contributed by atoms with Gasteiger partial charge in [0, 0.05) is 0 Å². The summed E-state index contributed by atoms with van der Waals surface area (Å²) < 4.78 is 7.24. The number of hydrogen-bond acceptors (Lipinski definition) is 3. The summed E-state index contributed by atoms with van der Waals surface area (Å²) in [5.74, 6) is -0.283. The number of carbonyl (C=O) groups excluding carboxylic acids is 2. The number of rotatable bonds is 4. The van der Waals surface area contributed by atoms with Gasteiger partial charge in [-0.05, 0) is 123 Å². The van der Waals surface area contributed by atoms with E-state index < -0.39 is 5.97 Å². The van der Waals surface area contributed by atoms with Crippen molar-refractivity contribution in [3.8, 4) is 5.75 Å². The van der Waals surface area contributed by atoms with Crippen LogP contribution in [0, 0.1) is 0 Å². The molecule has 0 saturated heterocycles. The fourth-order valence-corrected chi connectivity index (χ4v) is 5.36. The molecule has 2 aromatic carbocycles. The number of ether oxygens (including phenoxy) is 1. The van der Waals surface area contributed by atoms with Gasteiger partial charge in [-0.15, -0.1) is 0 Å². The van der Waals surface area contributed by atoms with Crippen LogP contribution in [0.2, 0.25) is 0 Å². The number of aromatic hydroxyl groups is 1. The molecule has 8 heteroatoms. The number of carbonyl (C=O) groups is 1. The molecule has 154 valence electrons. The zero-order valence-corrected chi connectivity index (χ0v) is 21.9. The van der Waals surface area contributed by atoms with Crippen molar-refractivity contribution < 1.29 is 19.4 Å². The molecule has 0 amide bonds. The summed E-state index contributed by atoms with van der Waals surface area (Å²) in [6.07, 6.45) is 3.54. The van der Waals surface area contributed by atoms with Gasteiger partial charge in [0.2, 0.25) is 0 Å². The largest absolute Gasteiger partial charge is 0.506 e. The van der Waals surface area contributed by atoms with E-state index in [0.29, 0.717) is 29.0 Å². The molecule has 1 aliphatic rings. The van der Waals surface area contributed by atoms with Gasteiger partial charge < -0.3 is 9.84 Å². The number of benzene rings is 2. The Hall–Kier alpha value is -1.48. The molecular weight excluding hydrogens is 648 g/mol. The first kappa shape index (κ1) is 23.2. The Kier molecular flexibility index (Phi) is 7.55. The molecule has 0 bridgehead atoms. The predicted molar refractivity (Wildman–Crippen MR) is 133 cm³/mol. The number of phenolic OH excluding ortho intramolecular Hbond substituents is 1. The molecule has 0 radical (unpaired) electrons. The van der Waals surface area contributed by atoms with Crippen LogP contribution in [0.25, 0.3) is 5.57 Å². The van der Waals surface area contributed by atoms with Crippen LogP contribution in [0.1, 0.15) is 28.4 Å². The second kappa shape index (κ2) is 9.77. The topological polar surface area (TPSA) is 67.9 Å². The minimum atomic E-state index is -0.431. The maximum Gasteiger partial charge on any atom is 0.368 e. The lowest BCUT2D eigenvalue weighted by molar-refractivity contribution is 0.0526. The van der Waals surface area contributed by atoms with Gasteiger partial charge in [-0.1, -0.05) is 18.2 Å². The summed E-state index contributed by atoms with van der Waals surface area (Å²) in [7, 11) is 0. The number of ketones is 1. The van der Waals surface area contributed by atoms with Crippen LogP contribution >= 0.6 is 63.7 Å². The van der Waals surface area contributed by atoms with E-state index >= 15 is 0 Å². The van der Waals surface area contributed by atoms with Gasteiger partial charge in [-0.25, -0.2) is 4.79 Å². The normalized spacial score (nSPS) is 13.6. The van der Waals surface area contributed by atoms with Crippen LogP contribution in [0.15, 0.2) is 72.0 Å². The van der Waals surface area contributed by atoms with Crippen LogP contribution in [0.5, 0.6) is 5.75 Å². The van der Waals surface area contributed by atoms with Crippen LogP contribution in [0.4, 0.5) is 0 Å². The highest BCUT2D eigenvalue weighted by Gasteiger charge is 2.26. The van der Waals surface area contributed by atoms with Crippen LogP contribution in [0.3, 0.4) is 0 Å². The van der Waals surface area contributed by atoms with E-state index in [4.69, 9.17) is 4.74 Å². The van der Waals surface area contributed by atoms with Gasteiger partial charge in [0.25, 0.3) is 0 Å². The van der Waals surface area contributed by atoms with Gasteiger partial charge >= 0.3 is 11.8 Å². The first-order chi connectivity index (χ1) is 14.2. The maximum atomic E-state index is 12.7. The van der Waals surface area contributed by atoms with E-state index in [2.05, 4.69) is 63.7 Å². The lowest BCUT2D eigenvalue weighted by Gasteiger charge is -2.18. The summed E-state index contributed by atoms with van der Waals surface area (Å²) in [4.78, 5) is 22.8. The quantitative estimate of drug-likeness (QED) is 0.283. The van der Waals surface area contributed by atoms with Crippen molar-refractivity contribution in [2.75, 3.05) is 6.61 Å². The van der Waals surface area contributed by atoms with Crippen molar-refractivity contribution in [3.05, 3.63) is 88.7 Å². The van der Waals surface area contributed by atoms with E-state index in [9.17, 15) is 14.7 Å². The Bertz CT molecular complexity index is 1100. The third-order valence-electron chi connectivity index (χ3n) is 4.30. The number of phenols is 1. The van der Waals surface area contributed by atoms with Crippen molar-refractivity contribution in [1.29, 1.82) is 0 Å². The standard InChI is InChI=1S/C22H14Br4O4/c1-2-30-22(29)14-6-4-3-5-13(14)19(11-7-15(23)20(27)16(24)8-11)12-9-17(25)21(28)18(26)10-12/h3-10,27H,2H2,1H3/p+1. The Morgan fingerprint density at radius 1 is 1.00 bits per heavy atom. The molecule has 0 spiro atoms. The molecule has 0 aromatic heterocycles. The molecule has 0 aliphatic heterocycles. The minimum Gasteiger partial charge on any atom is -0.506 e. The van der Waals surface area contributed by atoms with Crippen molar-refractivity contribution in [1.82, 2.24) is 0 Å². The van der Waals surface area contributed by atoms with Gasteiger partial charge in [0.1, 0.15) is 14.7 Å². The minimum absolute atomic E-state index is 0.0739. The Morgan fingerprint density at radius 2 is 1.53 bits per heavy atom. The van der Waals surface area contributed by atoms with E-state index in [-0.39, 0.29) is 18.1 Å². The highest BCUT2D eigenvalue weighted by Crippen LogP contribution is 2.41. The maximum absolute atomic E-state index is 12.7. The summed E-state index contributed by atoms with van der Waals surface area (Å²) in [6, 6.07) is 10.7. The van der Waals surface area contributed by atoms with Crippen LogP contribution in [-0.4, -0.2) is 28.3 Å². The zero-order chi connectivity index (χ0) is 22.0. The summed E-state index contributed by atoms with van der Waals surface area (Å²) in [6.45, 7) is 2.02. The SMILES string of the molecule is CCOC(=O)c1ccccc1C(=C1C=C(Br)C(=[OH+])C(Br)=C1)c1cc(Br)c(O)c(Br)c1. The van der Waals surface area contributed by atoms with Gasteiger partial charge in [-0.2, -0.15) is 0 Å². The number of allylic oxidation sites excluding steroid dienone is 5. The average Bonchev–Trinajstić information content (AvgIpc) is 2.71. The lowest BCUT2D eigenvalue weighted by Crippen LogP contribution is -2.10. The number of hydrogen-bond donors (Lipinski definition) is 1. The number of halogens is 4. The molecule has 3 rings (SSSR count). The third kappa shape index (κ3) is 4.72. The smallest absolute Gasteiger partial charge is 0.368 e. The molecule has 0 fully saturated rings. The second-order valence-corrected chi connectivity index (χ2v) is 9.64. The summed E-state index contributed by atoms with van der Waals surface area (Å²) in [5, 5.41) is 10.2. The molecule has 4 nitrogen and oxygen atoms in total. The van der Waals surface area contributed by atoms with Crippen molar-refractivity contribution in [2.45, 2.75) is 6.92 Å². The zero-order valence-electron chi connectivity index (χ0n) is 15.5. The Morgan fingerprint density at radius 3 is 2.07 bits per heavy atom. The Labute approximate surface area is 207 Å². The van der Waals surface area contributed by atoms with Crippen molar-refractivity contribution in [2.24, 2.45) is 0 Å². The first-order valence-electron chi connectivity index (χ1n) is 8.74. The molecule has 1 aliphatic carbocycles. The second-order valence-electron chi connectivity index (χ2n) is 6.22. The third-order valence-corrected chi connectivity index (χ3v) is 6.72. The monoisotopic (exact) mass is 659 g/mol. The lowest BCUT2D eigenvalue weighted by atomic mass is 9.88. The van der Waals surface area contributed by atoms with Crippen LogP contribution in [-0.2, 0) is 4.74 Å². The fraction of sp³-hybridized carbons (Fsp3) is 0.0909. The Balaban J connectivity index is 2.39. The highest BCUT2D eigenvalue weighted by molar-refractivity contribution is 9.13.